The average molecular weight is 495 g/mol. The van der Waals surface area contributed by atoms with E-state index in [1.165, 1.54) is 12.0 Å². The molecule has 8 heteroatoms. The third kappa shape index (κ3) is 7.37. The Morgan fingerprint density at radius 2 is 1.79 bits per heavy atom. The van der Waals surface area contributed by atoms with Crippen LogP contribution in [0.4, 0.5) is 5.00 Å². The summed E-state index contributed by atoms with van der Waals surface area (Å²) in [5.74, 6) is 0.345. The lowest BCUT2D eigenvalue weighted by Gasteiger charge is -2.33. The number of carbonyl (C=O) groups excluding carboxylic acids is 1. The van der Waals surface area contributed by atoms with Gasteiger partial charge in [-0.1, -0.05) is 52.0 Å². The summed E-state index contributed by atoms with van der Waals surface area (Å²) in [7, 11) is 1.40. The SMILES string of the molecule is COC(=O)C(NCc1ccc(-c2cc(CC(C)C)sc2N(S(=O)O)C(C)(C)C)cc1)C(C)C. The lowest BCUT2D eigenvalue weighted by Crippen LogP contribution is -2.42. The number of thiophene rings is 1. The van der Waals surface area contributed by atoms with E-state index in [4.69, 9.17) is 4.74 Å². The number of esters is 1. The molecule has 2 unspecified atom stereocenters. The van der Waals surface area contributed by atoms with Gasteiger partial charge in [0.25, 0.3) is 11.3 Å². The molecule has 2 aromatic rings. The number of ether oxygens (including phenoxy) is 1. The highest BCUT2D eigenvalue weighted by Crippen LogP contribution is 2.43. The van der Waals surface area contributed by atoms with Crippen LogP contribution in [0.5, 0.6) is 0 Å². The molecule has 1 heterocycles. The number of anilines is 1. The number of benzene rings is 1. The fourth-order valence-electron chi connectivity index (χ4n) is 3.65. The lowest BCUT2D eigenvalue weighted by atomic mass is 10.0. The third-order valence-corrected chi connectivity index (χ3v) is 7.54. The number of methoxy groups -OCH3 is 1. The van der Waals surface area contributed by atoms with Gasteiger partial charge in [-0.15, -0.1) is 11.3 Å². The lowest BCUT2D eigenvalue weighted by molar-refractivity contribution is -0.144. The van der Waals surface area contributed by atoms with Crippen molar-refractivity contribution in [1.29, 1.82) is 0 Å². The molecular formula is C25H38N2O4S2. The summed E-state index contributed by atoms with van der Waals surface area (Å²) in [6, 6.07) is 9.90. The van der Waals surface area contributed by atoms with Crippen molar-refractivity contribution < 1.29 is 18.3 Å². The number of hydrogen-bond acceptors (Lipinski definition) is 5. The largest absolute Gasteiger partial charge is 0.468 e. The molecule has 184 valence electrons. The number of nitrogens with one attached hydrogen (secondary N) is 1. The number of rotatable bonds is 10. The summed E-state index contributed by atoms with van der Waals surface area (Å²) in [4.78, 5) is 13.2. The van der Waals surface area contributed by atoms with Gasteiger partial charge in [-0.3, -0.25) is 13.7 Å². The first-order chi connectivity index (χ1) is 15.3. The first-order valence-corrected chi connectivity index (χ1v) is 13.2. The molecule has 0 radical (unpaired) electrons. The van der Waals surface area contributed by atoms with Gasteiger partial charge in [-0.25, -0.2) is 4.21 Å². The maximum atomic E-state index is 12.3. The van der Waals surface area contributed by atoms with Gasteiger partial charge in [0.15, 0.2) is 0 Å². The molecule has 0 saturated carbocycles. The molecule has 0 saturated heterocycles. The molecule has 0 spiro atoms. The zero-order valence-corrected chi connectivity index (χ0v) is 22.6. The van der Waals surface area contributed by atoms with Crippen LogP contribution >= 0.6 is 11.3 Å². The average Bonchev–Trinajstić information content (AvgIpc) is 3.08. The van der Waals surface area contributed by atoms with Crippen LogP contribution in [-0.2, 0) is 33.8 Å². The van der Waals surface area contributed by atoms with Gasteiger partial charge in [0.1, 0.15) is 11.0 Å². The van der Waals surface area contributed by atoms with E-state index in [2.05, 4.69) is 25.2 Å². The summed E-state index contributed by atoms with van der Waals surface area (Å²) in [6.07, 6.45) is 0.917. The molecule has 0 aliphatic carbocycles. The molecular weight excluding hydrogens is 456 g/mol. The van der Waals surface area contributed by atoms with Crippen LogP contribution in [-0.4, -0.2) is 33.4 Å². The minimum atomic E-state index is -2.14. The highest BCUT2D eigenvalue weighted by molar-refractivity contribution is 7.81. The first-order valence-electron chi connectivity index (χ1n) is 11.3. The van der Waals surface area contributed by atoms with E-state index in [9.17, 15) is 13.6 Å². The van der Waals surface area contributed by atoms with Gasteiger partial charge in [0.05, 0.1) is 7.11 Å². The molecule has 0 aliphatic heterocycles. The molecule has 33 heavy (non-hydrogen) atoms. The Bertz CT molecular complexity index is 946. The fourth-order valence-corrected chi connectivity index (χ4v) is 6.15. The smallest absolute Gasteiger partial charge is 0.323 e. The Hall–Kier alpha value is -1.74. The topological polar surface area (TPSA) is 78.9 Å². The predicted molar refractivity (Wildman–Crippen MR) is 139 cm³/mol. The summed E-state index contributed by atoms with van der Waals surface area (Å²) >= 11 is -0.558. The van der Waals surface area contributed by atoms with Crippen LogP contribution in [0, 0.1) is 11.8 Å². The van der Waals surface area contributed by atoms with Gasteiger partial charge in [0.2, 0.25) is 0 Å². The molecule has 0 bridgehead atoms. The van der Waals surface area contributed by atoms with E-state index in [1.54, 1.807) is 15.6 Å². The van der Waals surface area contributed by atoms with Crippen molar-refractivity contribution in [2.24, 2.45) is 11.8 Å². The van der Waals surface area contributed by atoms with E-state index in [-0.39, 0.29) is 17.9 Å². The van der Waals surface area contributed by atoms with Crippen LogP contribution in [0.1, 0.15) is 58.9 Å². The molecule has 2 N–H and O–H groups in total. The summed E-state index contributed by atoms with van der Waals surface area (Å²) < 4.78 is 28.9. The molecule has 2 rings (SSSR count). The highest BCUT2D eigenvalue weighted by atomic mass is 32.2. The summed E-state index contributed by atoms with van der Waals surface area (Å²) in [5.41, 5.74) is 2.49. The second kappa shape index (κ2) is 11.6. The highest BCUT2D eigenvalue weighted by Gasteiger charge is 2.31. The van der Waals surface area contributed by atoms with Crippen molar-refractivity contribution in [3.8, 4) is 11.1 Å². The molecule has 1 aromatic heterocycles. The Morgan fingerprint density at radius 3 is 2.24 bits per heavy atom. The number of carbonyl (C=O) groups is 1. The van der Waals surface area contributed by atoms with Gasteiger partial charge >= 0.3 is 5.97 Å². The zero-order valence-electron chi connectivity index (χ0n) is 21.0. The van der Waals surface area contributed by atoms with E-state index in [0.29, 0.717) is 12.5 Å². The minimum absolute atomic E-state index is 0.118. The molecule has 0 aliphatic rings. The number of hydrogen-bond donors (Lipinski definition) is 2. The van der Waals surface area contributed by atoms with Gasteiger partial charge < -0.3 is 10.1 Å². The van der Waals surface area contributed by atoms with E-state index in [1.807, 2.05) is 58.9 Å². The Morgan fingerprint density at radius 1 is 1.18 bits per heavy atom. The first kappa shape index (κ1) is 27.5. The van der Waals surface area contributed by atoms with Gasteiger partial charge in [-0.05, 0) is 56.2 Å². The van der Waals surface area contributed by atoms with E-state index >= 15 is 0 Å². The predicted octanol–water partition coefficient (Wildman–Crippen LogP) is 5.64. The van der Waals surface area contributed by atoms with Crippen LogP contribution in [0.15, 0.2) is 30.3 Å². The maximum Gasteiger partial charge on any atom is 0.323 e. The third-order valence-electron chi connectivity index (χ3n) is 5.24. The van der Waals surface area contributed by atoms with Crippen molar-refractivity contribution in [3.05, 3.63) is 40.8 Å². The van der Waals surface area contributed by atoms with E-state index < -0.39 is 16.8 Å². The summed E-state index contributed by atoms with van der Waals surface area (Å²) in [6.45, 7) is 14.7. The normalized spacial score (nSPS) is 13.9. The van der Waals surface area contributed by atoms with Crippen LogP contribution < -0.4 is 9.62 Å². The van der Waals surface area contributed by atoms with Gasteiger partial charge in [-0.2, -0.15) is 0 Å². The van der Waals surface area contributed by atoms with Crippen molar-refractivity contribution in [3.63, 3.8) is 0 Å². The number of nitrogens with zero attached hydrogens (tertiary/aromatic N) is 1. The standard InChI is InChI=1S/C25H38N2O4S2/c1-16(2)13-20-14-21(23(32-20)27(33(29)30)25(5,6)7)19-11-9-18(10-12-19)15-26-22(17(3)4)24(28)31-8/h9-12,14,16-17,22,26H,13,15H2,1-8H3,(H,29,30). The summed E-state index contributed by atoms with van der Waals surface area (Å²) in [5, 5.41) is 4.08. The van der Waals surface area contributed by atoms with Crippen molar-refractivity contribution in [2.75, 3.05) is 11.4 Å². The van der Waals surface area contributed by atoms with Crippen molar-refractivity contribution in [2.45, 2.75) is 73.0 Å². The molecule has 1 aromatic carbocycles. The quantitative estimate of drug-likeness (QED) is 0.330. The molecule has 0 fully saturated rings. The van der Waals surface area contributed by atoms with Crippen LogP contribution in [0.2, 0.25) is 0 Å². The van der Waals surface area contributed by atoms with Crippen molar-refractivity contribution in [1.82, 2.24) is 5.32 Å². The van der Waals surface area contributed by atoms with Gasteiger partial charge in [0, 0.05) is 22.5 Å². The van der Waals surface area contributed by atoms with E-state index in [0.717, 1.165) is 28.1 Å². The Kier molecular flexibility index (Phi) is 9.67. The molecule has 0 amide bonds. The van der Waals surface area contributed by atoms with Crippen LogP contribution in [0.25, 0.3) is 11.1 Å². The maximum absolute atomic E-state index is 12.3. The van der Waals surface area contributed by atoms with Crippen LogP contribution in [0.3, 0.4) is 0 Å². The molecule has 2 atom stereocenters. The molecule has 6 nitrogen and oxygen atoms in total. The monoisotopic (exact) mass is 494 g/mol. The minimum Gasteiger partial charge on any atom is -0.468 e. The second-order valence-electron chi connectivity index (χ2n) is 10.0. The fraction of sp³-hybridized carbons (Fsp3) is 0.560. The Balaban J connectivity index is 2.36. The van der Waals surface area contributed by atoms with Crippen molar-refractivity contribution >= 4 is 33.6 Å². The zero-order chi connectivity index (χ0) is 24.9. The Labute approximate surface area is 205 Å². The second-order valence-corrected chi connectivity index (χ2v) is 12.0.